The maximum atomic E-state index is 13.6. The molecule has 1 aliphatic rings. The van der Waals surface area contributed by atoms with E-state index in [1.54, 1.807) is 0 Å². The van der Waals surface area contributed by atoms with Crippen LogP contribution in [-0.4, -0.2) is 23.9 Å². The molecule has 0 aliphatic carbocycles. The molecule has 3 rings (SSSR count). The molecule has 0 spiro atoms. The van der Waals surface area contributed by atoms with Crippen LogP contribution in [0.15, 0.2) is 30.3 Å². The van der Waals surface area contributed by atoms with Gasteiger partial charge in [0.15, 0.2) is 0 Å². The Kier molecular flexibility index (Phi) is 5.35. The number of rotatable bonds is 4. The SMILES string of the molecule is O=C(Nc1cc(F)c(I)c(F)c1)c1ccc(N2CCCC2)c([N+](=O)[O-])c1. The molecule has 1 N–H and O–H groups in total. The van der Waals surface area contributed by atoms with E-state index < -0.39 is 22.5 Å². The van der Waals surface area contributed by atoms with Crippen molar-refractivity contribution in [1.82, 2.24) is 0 Å². The Hall–Kier alpha value is -2.30. The molecule has 0 radical (unpaired) electrons. The van der Waals surface area contributed by atoms with E-state index in [0.29, 0.717) is 5.69 Å². The van der Waals surface area contributed by atoms with Crippen LogP contribution in [0, 0.1) is 25.3 Å². The molecular formula is C17H14F2IN3O3. The monoisotopic (exact) mass is 473 g/mol. The third-order valence-corrected chi connectivity index (χ3v) is 5.15. The number of carbonyl (C=O) groups is 1. The van der Waals surface area contributed by atoms with Gasteiger partial charge in [0.25, 0.3) is 11.6 Å². The van der Waals surface area contributed by atoms with Crippen molar-refractivity contribution >= 4 is 45.6 Å². The van der Waals surface area contributed by atoms with Gasteiger partial charge in [-0.3, -0.25) is 14.9 Å². The zero-order chi connectivity index (χ0) is 18.8. The van der Waals surface area contributed by atoms with Crippen LogP contribution in [0.2, 0.25) is 0 Å². The second-order valence-corrected chi connectivity index (χ2v) is 6.94. The number of carbonyl (C=O) groups excluding carboxylic acids is 1. The van der Waals surface area contributed by atoms with Crippen molar-refractivity contribution in [1.29, 1.82) is 0 Å². The number of nitro groups is 1. The van der Waals surface area contributed by atoms with E-state index >= 15 is 0 Å². The van der Waals surface area contributed by atoms with Crippen LogP contribution in [0.3, 0.4) is 0 Å². The molecular weight excluding hydrogens is 459 g/mol. The van der Waals surface area contributed by atoms with Crippen LogP contribution >= 0.6 is 22.6 Å². The lowest BCUT2D eigenvalue weighted by molar-refractivity contribution is -0.384. The predicted octanol–water partition coefficient (Wildman–Crippen LogP) is 4.33. The lowest BCUT2D eigenvalue weighted by atomic mass is 10.1. The van der Waals surface area contributed by atoms with Crippen LogP contribution < -0.4 is 10.2 Å². The van der Waals surface area contributed by atoms with Gasteiger partial charge in [-0.25, -0.2) is 8.78 Å². The first-order chi connectivity index (χ1) is 12.4. The van der Waals surface area contributed by atoms with E-state index in [0.717, 1.165) is 38.1 Å². The molecule has 0 saturated carbocycles. The van der Waals surface area contributed by atoms with E-state index in [9.17, 15) is 23.7 Å². The molecule has 1 fully saturated rings. The fourth-order valence-electron chi connectivity index (χ4n) is 2.87. The molecule has 26 heavy (non-hydrogen) atoms. The second-order valence-electron chi connectivity index (χ2n) is 5.86. The second kappa shape index (κ2) is 7.52. The van der Waals surface area contributed by atoms with Gasteiger partial charge in [0.05, 0.1) is 8.49 Å². The number of nitro benzene ring substituents is 1. The fraction of sp³-hybridized carbons (Fsp3) is 0.235. The minimum absolute atomic E-state index is 0.0408. The number of anilines is 2. The van der Waals surface area contributed by atoms with Gasteiger partial charge < -0.3 is 10.2 Å². The van der Waals surface area contributed by atoms with Crippen molar-refractivity contribution in [3.05, 3.63) is 61.2 Å². The highest BCUT2D eigenvalue weighted by Crippen LogP contribution is 2.32. The fourth-order valence-corrected chi connectivity index (χ4v) is 3.18. The molecule has 2 aromatic carbocycles. The number of amides is 1. The highest BCUT2D eigenvalue weighted by Gasteiger charge is 2.24. The Morgan fingerprint density at radius 3 is 2.35 bits per heavy atom. The molecule has 1 saturated heterocycles. The van der Waals surface area contributed by atoms with E-state index in [-0.39, 0.29) is 20.5 Å². The zero-order valence-electron chi connectivity index (χ0n) is 13.5. The quantitative estimate of drug-likeness (QED) is 0.311. The van der Waals surface area contributed by atoms with Crippen molar-refractivity contribution in [3.63, 3.8) is 0 Å². The number of benzene rings is 2. The summed E-state index contributed by atoms with van der Waals surface area (Å²) in [6, 6.07) is 6.18. The van der Waals surface area contributed by atoms with E-state index in [2.05, 4.69) is 5.32 Å². The minimum atomic E-state index is -0.795. The average Bonchev–Trinajstić information content (AvgIpc) is 3.13. The largest absolute Gasteiger partial charge is 0.366 e. The Bertz CT molecular complexity index is 863. The first kappa shape index (κ1) is 18.5. The summed E-state index contributed by atoms with van der Waals surface area (Å²) in [6.07, 6.45) is 1.92. The predicted molar refractivity (Wildman–Crippen MR) is 102 cm³/mol. The van der Waals surface area contributed by atoms with Crippen molar-refractivity contribution in [2.75, 3.05) is 23.3 Å². The smallest absolute Gasteiger partial charge is 0.293 e. The molecule has 0 atom stereocenters. The standard InChI is InChI=1S/C17H14F2IN3O3/c18-12-8-11(9-13(19)16(12)20)21-17(24)10-3-4-14(15(7-10)23(25)26)22-5-1-2-6-22/h3-4,7-9H,1-2,5-6H2,(H,21,24). The van der Waals surface area contributed by atoms with Crippen LogP contribution in [0.1, 0.15) is 23.2 Å². The summed E-state index contributed by atoms with van der Waals surface area (Å²) in [5, 5.41) is 13.7. The highest BCUT2D eigenvalue weighted by atomic mass is 127. The molecule has 136 valence electrons. The third-order valence-electron chi connectivity index (χ3n) is 4.12. The molecule has 0 bridgehead atoms. The van der Waals surface area contributed by atoms with Gasteiger partial charge in [-0.2, -0.15) is 0 Å². The van der Waals surface area contributed by atoms with Crippen LogP contribution in [0.4, 0.5) is 25.8 Å². The van der Waals surface area contributed by atoms with Crippen molar-refractivity contribution in [3.8, 4) is 0 Å². The summed E-state index contributed by atoms with van der Waals surface area (Å²) in [4.78, 5) is 25.1. The Labute approximate surface area is 161 Å². The third kappa shape index (κ3) is 3.76. The Morgan fingerprint density at radius 1 is 1.15 bits per heavy atom. The molecule has 1 heterocycles. The van der Waals surface area contributed by atoms with E-state index in [1.165, 1.54) is 40.8 Å². The minimum Gasteiger partial charge on any atom is -0.366 e. The van der Waals surface area contributed by atoms with Gasteiger partial charge in [0, 0.05) is 30.4 Å². The van der Waals surface area contributed by atoms with Gasteiger partial charge in [-0.1, -0.05) is 0 Å². The topological polar surface area (TPSA) is 75.5 Å². The first-order valence-corrected chi connectivity index (χ1v) is 8.94. The molecule has 6 nitrogen and oxygen atoms in total. The molecule has 0 aromatic heterocycles. The van der Waals surface area contributed by atoms with Crippen LogP contribution in [0.5, 0.6) is 0 Å². The van der Waals surface area contributed by atoms with Gasteiger partial charge >= 0.3 is 0 Å². The van der Waals surface area contributed by atoms with Gasteiger partial charge in [0.2, 0.25) is 0 Å². The summed E-state index contributed by atoms with van der Waals surface area (Å²) in [5.74, 6) is -2.27. The number of nitrogens with one attached hydrogen (secondary N) is 1. The summed E-state index contributed by atoms with van der Waals surface area (Å²) in [7, 11) is 0. The number of hydrogen-bond acceptors (Lipinski definition) is 4. The first-order valence-electron chi connectivity index (χ1n) is 7.86. The van der Waals surface area contributed by atoms with E-state index in [1.807, 2.05) is 4.90 Å². The van der Waals surface area contributed by atoms with Crippen molar-refractivity contribution < 1.29 is 18.5 Å². The van der Waals surface area contributed by atoms with Crippen LogP contribution in [-0.2, 0) is 0 Å². The average molecular weight is 473 g/mol. The van der Waals surface area contributed by atoms with Gasteiger partial charge in [0.1, 0.15) is 17.3 Å². The summed E-state index contributed by atoms with van der Waals surface area (Å²) in [6.45, 7) is 1.46. The number of halogens is 3. The van der Waals surface area contributed by atoms with Gasteiger partial charge in [-0.15, -0.1) is 0 Å². The van der Waals surface area contributed by atoms with Crippen LogP contribution in [0.25, 0.3) is 0 Å². The summed E-state index contributed by atoms with van der Waals surface area (Å²) in [5.41, 5.74) is 0.283. The summed E-state index contributed by atoms with van der Waals surface area (Å²) >= 11 is 1.52. The lowest BCUT2D eigenvalue weighted by Crippen LogP contribution is -2.20. The molecule has 1 aliphatic heterocycles. The summed E-state index contributed by atoms with van der Waals surface area (Å²) < 4.78 is 27.0. The molecule has 9 heteroatoms. The number of nitrogens with zero attached hydrogens (tertiary/aromatic N) is 2. The van der Waals surface area contributed by atoms with E-state index in [4.69, 9.17) is 0 Å². The van der Waals surface area contributed by atoms with Gasteiger partial charge in [-0.05, 0) is 59.7 Å². The van der Waals surface area contributed by atoms with Crippen molar-refractivity contribution in [2.24, 2.45) is 0 Å². The number of hydrogen-bond donors (Lipinski definition) is 1. The maximum absolute atomic E-state index is 13.6. The lowest BCUT2D eigenvalue weighted by Gasteiger charge is -2.17. The highest BCUT2D eigenvalue weighted by molar-refractivity contribution is 14.1. The maximum Gasteiger partial charge on any atom is 0.293 e. The molecule has 0 unspecified atom stereocenters. The zero-order valence-corrected chi connectivity index (χ0v) is 15.6. The normalized spacial score (nSPS) is 13.7. The van der Waals surface area contributed by atoms with Crippen molar-refractivity contribution in [2.45, 2.75) is 12.8 Å². The molecule has 2 aromatic rings. The molecule has 1 amide bonds. The Morgan fingerprint density at radius 2 is 1.77 bits per heavy atom. The Balaban J connectivity index is 1.87.